The van der Waals surface area contributed by atoms with Crippen LogP contribution in [0.4, 0.5) is 18.9 Å². The summed E-state index contributed by atoms with van der Waals surface area (Å²) in [5.41, 5.74) is -1.06. The van der Waals surface area contributed by atoms with Gasteiger partial charge < -0.3 is 15.5 Å². The van der Waals surface area contributed by atoms with Crippen molar-refractivity contribution in [1.82, 2.24) is 15.1 Å². The third kappa shape index (κ3) is 5.57. The maximum atomic E-state index is 13.0. The number of hydrogen-bond acceptors (Lipinski definition) is 3. The Bertz CT molecular complexity index is 616. The van der Waals surface area contributed by atoms with E-state index in [9.17, 15) is 18.0 Å². The minimum Gasteiger partial charge on any atom is -0.363 e. The van der Waals surface area contributed by atoms with Gasteiger partial charge in [-0.25, -0.2) is 0 Å². The molecule has 1 amide bonds. The lowest BCUT2D eigenvalue weighted by Crippen LogP contribution is -2.52. The fourth-order valence-electron chi connectivity index (χ4n) is 2.60. The molecule has 0 spiro atoms. The van der Waals surface area contributed by atoms with Gasteiger partial charge in [0.15, 0.2) is 5.11 Å². The van der Waals surface area contributed by atoms with E-state index in [4.69, 9.17) is 12.2 Å². The summed E-state index contributed by atoms with van der Waals surface area (Å²) in [6.07, 6.45) is -4.50. The zero-order valence-electron chi connectivity index (χ0n) is 13.9. The van der Waals surface area contributed by atoms with Crippen molar-refractivity contribution < 1.29 is 18.0 Å². The molecule has 0 aromatic heterocycles. The van der Waals surface area contributed by atoms with Crippen molar-refractivity contribution in [3.63, 3.8) is 0 Å². The van der Waals surface area contributed by atoms with Gasteiger partial charge in [-0.3, -0.25) is 9.69 Å². The molecule has 2 rings (SSSR count). The standard InChI is InChI=1S/C16H21F3N4OS/c1-2-20-15(25)23-9-7-22(8-10-23)11-14(24)21-13-6-4-3-5-12(13)16(17,18)19/h3-6H,2,7-11H2,1H3,(H,20,25)(H,21,24). The summed E-state index contributed by atoms with van der Waals surface area (Å²) in [7, 11) is 0. The molecule has 25 heavy (non-hydrogen) atoms. The molecule has 1 fully saturated rings. The summed E-state index contributed by atoms with van der Waals surface area (Å²) in [4.78, 5) is 16.0. The Morgan fingerprint density at radius 1 is 1.20 bits per heavy atom. The summed E-state index contributed by atoms with van der Waals surface area (Å²) in [5, 5.41) is 6.13. The largest absolute Gasteiger partial charge is 0.418 e. The van der Waals surface area contributed by atoms with Crippen LogP contribution in [0.25, 0.3) is 0 Å². The Kier molecular flexibility index (Phi) is 6.60. The van der Waals surface area contributed by atoms with Crippen LogP contribution in [0.2, 0.25) is 0 Å². The van der Waals surface area contributed by atoms with Gasteiger partial charge in [-0.15, -0.1) is 0 Å². The second kappa shape index (κ2) is 8.48. The van der Waals surface area contributed by atoms with Gasteiger partial charge in [0.1, 0.15) is 0 Å². The van der Waals surface area contributed by atoms with Crippen LogP contribution in [0.1, 0.15) is 12.5 Å². The SMILES string of the molecule is CCNC(=S)N1CCN(CC(=O)Nc2ccccc2C(F)(F)F)CC1. The molecule has 0 saturated carbocycles. The number of alkyl halides is 3. The summed E-state index contributed by atoms with van der Waals surface area (Å²) in [5.74, 6) is -0.459. The van der Waals surface area contributed by atoms with Crippen LogP contribution in [0.15, 0.2) is 24.3 Å². The van der Waals surface area contributed by atoms with Gasteiger partial charge in [-0.2, -0.15) is 13.2 Å². The molecule has 9 heteroatoms. The van der Waals surface area contributed by atoms with E-state index in [1.165, 1.54) is 18.2 Å². The molecule has 1 aromatic rings. The molecule has 5 nitrogen and oxygen atoms in total. The lowest BCUT2D eigenvalue weighted by Gasteiger charge is -2.35. The number of anilines is 1. The predicted octanol–water partition coefficient (Wildman–Crippen LogP) is 2.16. The van der Waals surface area contributed by atoms with E-state index < -0.39 is 17.6 Å². The molecule has 0 unspecified atom stereocenters. The topological polar surface area (TPSA) is 47.6 Å². The van der Waals surface area contributed by atoms with Crippen molar-refractivity contribution in [1.29, 1.82) is 0 Å². The normalized spacial score (nSPS) is 15.8. The highest BCUT2D eigenvalue weighted by Gasteiger charge is 2.33. The van der Waals surface area contributed by atoms with Crippen molar-refractivity contribution in [2.75, 3.05) is 44.6 Å². The number of halogens is 3. The van der Waals surface area contributed by atoms with Gasteiger partial charge in [0, 0.05) is 32.7 Å². The fourth-order valence-corrected chi connectivity index (χ4v) is 2.93. The van der Waals surface area contributed by atoms with Crippen LogP contribution in [0.3, 0.4) is 0 Å². The average Bonchev–Trinajstić information content (AvgIpc) is 2.55. The molecular formula is C16H21F3N4OS. The van der Waals surface area contributed by atoms with E-state index in [2.05, 4.69) is 10.6 Å². The highest BCUT2D eigenvalue weighted by molar-refractivity contribution is 7.80. The maximum Gasteiger partial charge on any atom is 0.418 e. The first-order valence-corrected chi connectivity index (χ1v) is 8.43. The van der Waals surface area contributed by atoms with Gasteiger partial charge in [-0.1, -0.05) is 12.1 Å². The number of nitrogens with one attached hydrogen (secondary N) is 2. The minimum absolute atomic E-state index is 0.0496. The molecule has 1 aromatic carbocycles. The molecule has 1 aliphatic heterocycles. The maximum absolute atomic E-state index is 13.0. The van der Waals surface area contributed by atoms with Gasteiger partial charge in [0.05, 0.1) is 17.8 Å². The molecule has 1 saturated heterocycles. The van der Waals surface area contributed by atoms with Crippen LogP contribution in [0, 0.1) is 0 Å². The van der Waals surface area contributed by atoms with Crippen molar-refractivity contribution >= 4 is 28.9 Å². The first-order chi connectivity index (χ1) is 11.8. The summed E-state index contributed by atoms with van der Waals surface area (Å²) >= 11 is 5.25. The van der Waals surface area contributed by atoms with Crippen LogP contribution < -0.4 is 10.6 Å². The third-order valence-electron chi connectivity index (χ3n) is 3.86. The third-order valence-corrected chi connectivity index (χ3v) is 4.26. The van der Waals surface area contributed by atoms with E-state index in [1.807, 2.05) is 16.7 Å². The second-order valence-corrected chi connectivity index (χ2v) is 6.08. The van der Waals surface area contributed by atoms with Crippen LogP contribution >= 0.6 is 12.2 Å². The highest BCUT2D eigenvalue weighted by Crippen LogP contribution is 2.34. The first-order valence-electron chi connectivity index (χ1n) is 8.02. The van der Waals surface area contributed by atoms with Gasteiger partial charge in [-0.05, 0) is 31.3 Å². The monoisotopic (exact) mass is 374 g/mol. The number of rotatable bonds is 4. The van der Waals surface area contributed by atoms with Crippen LogP contribution in [-0.4, -0.2) is 60.1 Å². The van der Waals surface area contributed by atoms with Crippen molar-refractivity contribution in [2.24, 2.45) is 0 Å². The lowest BCUT2D eigenvalue weighted by atomic mass is 10.1. The first kappa shape index (κ1) is 19.5. The van der Waals surface area contributed by atoms with Gasteiger partial charge in [0.25, 0.3) is 0 Å². The average molecular weight is 374 g/mol. The number of carbonyl (C=O) groups is 1. The number of carbonyl (C=O) groups excluding carboxylic acids is 1. The smallest absolute Gasteiger partial charge is 0.363 e. The highest BCUT2D eigenvalue weighted by atomic mass is 32.1. The summed E-state index contributed by atoms with van der Waals surface area (Å²) < 4.78 is 38.9. The fraction of sp³-hybridized carbons (Fsp3) is 0.500. The van der Waals surface area contributed by atoms with E-state index in [0.717, 1.165) is 12.6 Å². The molecule has 2 N–H and O–H groups in total. The van der Waals surface area contributed by atoms with E-state index in [-0.39, 0.29) is 12.2 Å². The Morgan fingerprint density at radius 3 is 2.44 bits per heavy atom. The number of benzene rings is 1. The number of thiocarbonyl (C=S) groups is 1. The van der Waals surface area contributed by atoms with Gasteiger partial charge in [0.2, 0.25) is 5.91 Å². The Hall–Kier alpha value is -1.87. The lowest BCUT2D eigenvalue weighted by molar-refractivity contribution is -0.137. The number of piperazine rings is 1. The molecule has 1 aliphatic rings. The Labute approximate surface area is 150 Å². The van der Waals surface area contributed by atoms with Crippen molar-refractivity contribution in [3.8, 4) is 0 Å². The number of hydrogen-bond donors (Lipinski definition) is 2. The molecule has 138 valence electrons. The number of nitrogens with zero attached hydrogens (tertiary/aromatic N) is 2. The van der Waals surface area contributed by atoms with Crippen LogP contribution in [0.5, 0.6) is 0 Å². The predicted molar refractivity (Wildman–Crippen MR) is 94.4 cm³/mol. The molecule has 0 atom stereocenters. The summed E-state index contributed by atoms with van der Waals surface area (Å²) in [6, 6.07) is 4.97. The minimum atomic E-state index is -4.50. The number of para-hydroxylation sites is 1. The van der Waals surface area contributed by atoms with Crippen LogP contribution in [-0.2, 0) is 11.0 Å². The molecular weight excluding hydrogens is 353 g/mol. The zero-order valence-corrected chi connectivity index (χ0v) is 14.7. The molecule has 0 radical (unpaired) electrons. The van der Waals surface area contributed by atoms with E-state index >= 15 is 0 Å². The van der Waals surface area contributed by atoms with Gasteiger partial charge >= 0.3 is 6.18 Å². The second-order valence-electron chi connectivity index (χ2n) is 5.69. The van der Waals surface area contributed by atoms with E-state index in [1.54, 1.807) is 0 Å². The quantitative estimate of drug-likeness (QED) is 0.791. The Morgan fingerprint density at radius 2 is 1.84 bits per heavy atom. The molecule has 0 aliphatic carbocycles. The van der Waals surface area contributed by atoms with Crippen molar-refractivity contribution in [2.45, 2.75) is 13.1 Å². The zero-order chi connectivity index (χ0) is 18.4. The summed E-state index contributed by atoms with van der Waals surface area (Å²) in [6.45, 7) is 5.37. The molecule has 0 bridgehead atoms. The Balaban J connectivity index is 1.87. The van der Waals surface area contributed by atoms with Crippen molar-refractivity contribution in [3.05, 3.63) is 29.8 Å². The molecule has 1 heterocycles. The van der Waals surface area contributed by atoms with E-state index in [0.29, 0.717) is 31.3 Å². The number of amides is 1.